The summed E-state index contributed by atoms with van der Waals surface area (Å²) in [7, 11) is 0. The Morgan fingerprint density at radius 1 is 1.40 bits per heavy atom. The number of nitrogens with zero attached hydrogens (tertiary/aromatic N) is 1. The molecule has 0 radical (unpaired) electrons. The highest BCUT2D eigenvalue weighted by atomic mass is 16.6. The lowest BCUT2D eigenvalue weighted by molar-refractivity contribution is -0.384. The summed E-state index contributed by atoms with van der Waals surface area (Å²) in [5, 5.41) is 14.0. The monoisotopic (exact) mass is 278 g/mol. The predicted molar refractivity (Wildman–Crippen MR) is 78.9 cm³/mol. The van der Waals surface area contributed by atoms with Gasteiger partial charge < -0.3 is 10.1 Å². The number of hydrogen-bond donors (Lipinski definition) is 1. The minimum Gasteiger partial charge on any atom is -0.380 e. The van der Waals surface area contributed by atoms with Gasteiger partial charge in [0.15, 0.2) is 0 Å². The van der Waals surface area contributed by atoms with Gasteiger partial charge in [-0.1, -0.05) is 12.8 Å². The molecule has 1 aromatic rings. The lowest BCUT2D eigenvalue weighted by Gasteiger charge is -2.11. The zero-order chi connectivity index (χ0) is 14.4. The van der Waals surface area contributed by atoms with Gasteiger partial charge in [-0.2, -0.15) is 0 Å². The molecule has 0 saturated heterocycles. The summed E-state index contributed by atoms with van der Waals surface area (Å²) < 4.78 is 5.74. The van der Waals surface area contributed by atoms with Crippen LogP contribution in [0.1, 0.15) is 38.2 Å². The van der Waals surface area contributed by atoms with E-state index in [1.807, 2.05) is 13.0 Å². The first-order chi connectivity index (χ1) is 9.70. The summed E-state index contributed by atoms with van der Waals surface area (Å²) in [6.45, 7) is 3.90. The maximum Gasteiger partial charge on any atom is 0.292 e. The Labute approximate surface area is 119 Å². The molecule has 0 spiro atoms. The molecule has 0 amide bonds. The molecule has 1 N–H and O–H groups in total. The van der Waals surface area contributed by atoms with Crippen LogP contribution in [0.5, 0.6) is 0 Å². The van der Waals surface area contributed by atoms with E-state index < -0.39 is 0 Å². The predicted octanol–water partition coefficient (Wildman–Crippen LogP) is 3.73. The number of benzene rings is 1. The Kier molecular flexibility index (Phi) is 5.35. The Morgan fingerprint density at radius 3 is 2.80 bits per heavy atom. The highest BCUT2D eigenvalue weighted by molar-refractivity contribution is 5.62. The second-order valence-electron chi connectivity index (χ2n) is 5.30. The van der Waals surface area contributed by atoms with E-state index in [1.165, 1.54) is 25.7 Å². The minimum atomic E-state index is -0.360. The summed E-state index contributed by atoms with van der Waals surface area (Å²) in [6, 6.07) is 5.14. The van der Waals surface area contributed by atoms with E-state index in [2.05, 4.69) is 5.32 Å². The summed E-state index contributed by atoms with van der Waals surface area (Å²) in [4.78, 5) is 10.6. The molecular weight excluding hydrogens is 256 g/mol. The average Bonchev–Trinajstić information content (AvgIpc) is 2.92. The van der Waals surface area contributed by atoms with Crippen molar-refractivity contribution in [2.45, 2.75) is 39.2 Å². The fourth-order valence-electron chi connectivity index (χ4n) is 2.68. The van der Waals surface area contributed by atoms with Gasteiger partial charge in [0.2, 0.25) is 0 Å². The van der Waals surface area contributed by atoms with E-state index in [9.17, 15) is 10.1 Å². The molecule has 1 aliphatic carbocycles. The molecule has 0 unspecified atom stereocenters. The fraction of sp³-hybridized carbons (Fsp3) is 0.600. The van der Waals surface area contributed by atoms with E-state index >= 15 is 0 Å². The van der Waals surface area contributed by atoms with Crippen molar-refractivity contribution in [2.75, 3.05) is 18.5 Å². The zero-order valence-electron chi connectivity index (χ0n) is 11.9. The molecular formula is C15H22N2O3. The molecule has 5 nitrogen and oxygen atoms in total. The van der Waals surface area contributed by atoms with Gasteiger partial charge >= 0.3 is 0 Å². The lowest BCUT2D eigenvalue weighted by atomic mass is 10.1. The van der Waals surface area contributed by atoms with Crippen LogP contribution in [0.25, 0.3) is 0 Å². The van der Waals surface area contributed by atoms with Gasteiger partial charge in [-0.3, -0.25) is 10.1 Å². The third-order valence-electron chi connectivity index (χ3n) is 3.72. The van der Waals surface area contributed by atoms with Gasteiger partial charge in [-0.25, -0.2) is 0 Å². The number of nitrogens with one attached hydrogen (secondary N) is 1. The number of ether oxygens (including phenoxy) is 1. The number of hydrogen-bond acceptors (Lipinski definition) is 4. The number of nitro benzene ring substituents is 1. The summed E-state index contributed by atoms with van der Waals surface area (Å²) in [6.07, 6.45) is 5.16. The molecule has 5 heteroatoms. The molecule has 0 heterocycles. The summed E-state index contributed by atoms with van der Waals surface area (Å²) >= 11 is 0. The van der Waals surface area contributed by atoms with Gasteiger partial charge in [-0.15, -0.1) is 0 Å². The van der Waals surface area contributed by atoms with Crippen LogP contribution in [0, 0.1) is 16.0 Å². The molecule has 1 fully saturated rings. The first-order valence-electron chi connectivity index (χ1n) is 7.29. The highest BCUT2D eigenvalue weighted by Crippen LogP contribution is 2.27. The van der Waals surface area contributed by atoms with E-state index in [1.54, 1.807) is 12.1 Å². The molecule has 0 aliphatic heterocycles. The van der Waals surface area contributed by atoms with E-state index in [4.69, 9.17) is 4.74 Å². The molecule has 0 bridgehead atoms. The maximum atomic E-state index is 10.9. The van der Waals surface area contributed by atoms with Crippen molar-refractivity contribution in [1.82, 2.24) is 0 Å². The van der Waals surface area contributed by atoms with Crippen LogP contribution < -0.4 is 5.32 Å². The second kappa shape index (κ2) is 7.24. The Bertz CT molecular complexity index is 456. The largest absolute Gasteiger partial charge is 0.380 e. The van der Waals surface area contributed by atoms with Crippen LogP contribution in [0.4, 0.5) is 11.4 Å². The zero-order valence-corrected chi connectivity index (χ0v) is 11.9. The van der Waals surface area contributed by atoms with Crippen LogP contribution in [0.3, 0.4) is 0 Å². The topological polar surface area (TPSA) is 64.4 Å². The molecule has 110 valence electrons. The SMILES string of the molecule is CCNc1cc(COCC2CCCC2)ccc1[N+](=O)[O-]. The minimum absolute atomic E-state index is 0.117. The second-order valence-corrected chi connectivity index (χ2v) is 5.30. The van der Waals surface area contributed by atoms with Gasteiger partial charge in [0.05, 0.1) is 11.5 Å². The molecule has 2 rings (SSSR count). The fourth-order valence-corrected chi connectivity index (χ4v) is 2.68. The molecule has 0 atom stereocenters. The Morgan fingerprint density at radius 2 is 2.15 bits per heavy atom. The average molecular weight is 278 g/mol. The van der Waals surface area contributed by atoms with Crippen molar-refractivity contribution >= 4 is 11.4 Å². The summed E-state index contributed by atoms with van der Waals surface area (Å²) in [5.74, 6) is 0.696. The standard InChI is InChI=1S/C15H22N2O3/c1-2-16-14-9-13(7-8-15(14)17(18)19)11-20-10-12-5-3-4-6-12/h7-9,12,16H,2-6,10-11H2,1H3. The highest BCUT2D eigenvalue weighted by Gasteiger charge is 2.16. The van der Waals surface area contributed by atoms with Crippen LogP contribution in [0.2, 0.25) is 0 Å². The van der Waals surface area contributed by atoms with Crippen molar-refractivity contribution < 1.29 is 9.66 Å². The maximum absolute atomic E-state index is 10.9. The number of anilines is 1. The molecule has 0 aromatic heterocycles. The van der Waals surface area contributed by atoms with Crippen molar-refractivity contribution in [3.8, 4) is 0 Å². The normalized spacial score (nSPS) is 15.4. The number of nitro groups is 1. The third-order valence-corrected chi connectivity index (χ3v) is 3.72. The van der Waals surface area contributed by atoms with Gasteiger partial charge in [-0.05, 0) is 43.4 Å². The first-order valence-corrected chi connectivity index (χ1v) is 7.29. The van der Waals surface area contributed by atoms with Gasteiger partial charge in [0.25, 0.3) is 5.69 Å². The van der Waals surface area contributed by atoms with Crippen LogP contribution in [0.15, 0.2) is 18.2 Å². The van der Waals surface area contributed by atoms with Gasteiger partial charge in [0, 0.05) is 19.2 Å². The van der Waals surface area contributed by atoms with Crippen molar-refractivity contribution in [3.63, 3.8) is 0 Å². The van der Waals surface area contributed by atoms with E-state index in [0.717, 1.165) is 12.2 Å². The third kappa shape index (κ3) is 3.93. The number of rotatable bonds is 7. The molecule has 20 heavy (non-hydrogen) atoms. The lowest BCUT2D eigenvalue weighted by Crippen LogP contribution is -2.06. The molecule has 1 saturated carbocycles. The van der Waals surface area contributed by atoms with E-state index in [0.29, 0.717) is 24.8 Å². The van der Waals surface area contributed by atoms with Crippen LogP contribution >= 0.6 is 0 Å². The van der Waals surface area contributed by atoms with Crippen LogP contribution in [-0.4, -0.2) is 18.1 Å². The summed E-state index contributed by atoms with van der Waals surface area (Å²) in [5.41, 5.74) is 1.66. The van der Waals surface area contributed by atoms with Gasteiger partial charge in [0.1, 0.15) is 5.69 Å². The van der Waals surface area contributed by atoms with E-state index in [-0.39, 0.29) is 10.6 Å². The Hall–Kier alpha value is -1.62. The van der Waals surface area contributed by atoms with Crippen molar-refractivity contribution in [2.24, 2.45) is 5.92 Å². The van der Waals surface area contributed by atoms with Crippen LogP contribution in [-0.2, 0) is 11.3 Å². The molecule has 1 aromatic carbocycles. The molecule has 1 aliphatic rings. The van der Waals surface area contributed by atoms with Crippen molar-refractivity contribution in [3.05, 3.63) is 33.9 Å². The smallest absolute Gasteiger partial charge is 0.292 e. The quantitative estimate of drug-likeness (QED) is 0.609. The Balaban J connectivity index is 1.93. The van der Waals surface area contributed by atoms with Crippen molar-refractivity contribution in [1.29, 1.82) is 0 Å². The first kappa shape index (κ1) is 14.8.